The molecule has 1 fully saturated rings. The van der Waals surface area contributed by atoms with E-state index in [2.05, 4.69) is 5.43 Å². The van der Waals surface area contributed by atoms with E-state index >= 15 is 0 Å². The number of nitrogens with zero attached hydrogens (tertiary/aromatic N) is 1. The van der Waals surface area contributed by atoms with E-state index in [1.807, 2.05) is 0 Å². The molecule has 0 aromatic heterocycles. The van der Waals surface area contributed by atoms with Gasteiger partial charge in [-0.15, -0.1) is 0 Å². The van der Waals surface area contributed by atoms with Gasteiger partial charge in [-0.1, -0.05) is 17.7 Å². The molecule has 2 aromatic rings. The minimum Gasteiger partial charge on any atom is -0.493 e. The third-order valence-corrected chi connectivity index (χ3v) is 4.06. The minimum atomic E-state index is -0.616. The summed E-state index contributed by atoms with van der Waals surface area (Å²) >= 11 is 5.74. The molecule has 3 rings (SSSR count). The number of carbonyl (C=O) groups is 2. The van der Waals surface area contributed by atoms with Crippen LogP contribution in [0, 0.1) is 5.82 Å². The van der Waals surface area contributed by atoms with E-state index in [1.165, 1.54) is 32.4 Å². The highest BCUT2D eigenvalue weighted by Gasteiger charge is 2.34. The molecule has 0 bridgehead atoms. The highest BCUT2D eigenvalue weighted by molar-refractivity contribution is 6.33. The van der Waals surface area contributed by atoms with Crippen molar-refractivity contribution in [2.24, 2.45) is 0 Å². The van der Waals surface area contributed by atoms with E-state index < -0.39 is 17.6 Å². The van der Waals surface area contributed by atoms with Crippen molar-refractivity contribution >= 4 is 35.2 Å². The first-order chi connectivity index (χ1) is 12.4. The number of amides is 2. The van der Waals surface area contributed by atoms with Crippen molar-refractivity contribution in [2.75, 3.05) is 19.2 Å². The van der Waals surface area contributed by atoms with Crippen LogP contribution in [0.2, 0.25) is 5.02 Å². The normalized spacial score (nSPS) is 15.4. The van der Waals surface area contributed by atoms with Crippen molar-refractivity contribution in [2.45, 2.75) is 0 Å². The van der Waals surface area contributed by atoms with Gasteiger partial charge in [0.15, 0.2) is 11.5 Å². The summed E-state index contributed by atoms with van der Waals surface area (Å²) in [6.45, 7) is 0. The van der Waals surface area contributed by atoms with Crippen LogP contribution >= 0.6 is 11.6 Å². The first-order valence-electron chi connectivity index (χ1n) is 7.49. The van der Waals surface area contributed by atoms with Gasteiger partial charge < -0.3 is 9.47 Å². The molecule has 1 heterocycles. The Kier molecular flexibility index (Phi) is 4.81. The second-order valence-corrected chi connectivity index (χ2v) is 5.76. The van der Waals surface area contributed by atoms with Gasteiger partial charge in [-0.2, -0.15) is 0 Å². The van der Waals surface area contributed by atoms with Crippen molar-refractivity contribution < 1.29 is 23.5 Å². The highest BCUT2D eigenvalue weighted by atomic mass is 35.5. The smallest absolute Gasteiger partial charge is 0.282 e. The van der Waals surface area contributed by atoms with E-state index in [4.69, 9.17) is 21.1 Å². The molecule has 0 saturated carbocycles. The van der Waals surface area contributed by atoms with Crippen LogP contribution in [0.5, 0.6) is 11.5 Å². The predicted molar refractivity (Wildman–Crippen MR) is 94.6 cm³/mol. The molecular formula is C18H14ClFN2O4. The van der Waals surface area contributed by atoms with Crippen molar-refractivity contribution in [3.8, 4) is 11.5 Å². The fourth-order valence-electron chi connectivity index (χ4n) is 2.47. The Hall–Kier alpha value is -3.06. The molecule has 0 radical (unpaired) electrons. The number of rotatable bonds is 4. The highest BCUT2D eigenvalue weighted by Crippen LogP contribution is 2.30. The van der Waals surface area contributed by atoms with Crippen molar-refractivity contribution in [3.05, 3.63) is 58.4 Å². The zero-order chi connectivity index (χ0) is 18.8. The Morgan fingerprint density at radius 1 is 1.08 bits per heavy atom. The summed E-state index contributed by atoms with van der Waals surface area (Å²) in [6, 6.07) is 8.72. The maximum absolute atomic E-state index is 13.3. The average molecular weight is 377 g/mol. The maximum atomic E-state index is 13.3. The van der Waals surface area contributed by atoms with Gasteiger partial charge in [0.25, 0.3) is 11.8 Å². The number of carbonyl (C=O) groups excluding carboxylic acids is 2. The Labute approximate surface area is 153 Å². The van der Waals surface area contributed by atoms with Crippen LogP contribution in [0.3, 0.4) is 0 Å². The van der Waals surface area contributed by atoms with Gasteiger partial charge >= 0.3 is 0 Å². The molecule has 0 atom stereocenters. The number of nitrogens with one attached hydrogen (secondary N) is 1. The Morgan fingerprint density at radius 2 is 1.81 bits per heavy atom. The van der Waals surface area contributed by atoms with Crippen LogP contribution in [0.1, 0.15) is 5.56 Å². The van der Waals surface area contributed by atoms with Crippen LogP contribution < -0.4 is 19.9 Å². The molecule has 134 valence electrons. The van der Waals surface area contributed by atoms with E-state index in [0.29, 0.717) is 17.1 Å². The van der Waals surface area contributed by atoms with Gasteiger partial charge in [-0.25, -0.2) is 9.40 Å². The average Bonchev–Trinajstić information content (AvgIpc) is 2.92. The number of hydrogen-bond donors (Lipinski definition) is 1. The van der Waals surface area contributed by atoms with E-state index in [1.54, 1.807) is 18.2 Å². The first kappa shape index (κ1) is 17.8. The van der Waals surface area contributed by atoms with Crippen molar-refractivity contribution in [3.63, 3.8) is 0 Å². The topological polar surface area (TPSA) is 67.9 Å². The second kappa shape index (κ2) is 7.05. The molecule has 0 spiro atoms. The van der Waals surface area contributed by atoms with Gasteiger partial charge in [0, 0.05) is 0 Å². The molecule has 6 nitrogen and oxygen atoms in total. The van der Waals surface area contributed by atoms with Crippen LogP contribution in [0.4, 0.5) is 10.1 Å². The molecule has 2 amide bonds. The van der Waals surface area contributed by atoms with Gasteiger partial charge in [-0.05, 0) is 42.0 Å². The third-order valence-electron chi connectivity index (χ3n) is 3.77. The molecule has 2 aromatic carbocycles. The van der Waals surface area contributed by atoms with E-state index in [-0.39, 0.29) is 16.3 Å². The Balaban J connectivity index is 1.94. The second-order valence-electron chi connectivity index (χ2n) is 5.35. The zero-order valence-corrected chi connectivity index (χ0v) is 14.6. The summed E-state index contributed by atoms with van der Waals surface area (Å²) in [5.74, 6) is -0.776. The van der Waals surface area contributed by atoms with Crippen LogP contribution in [0.15, 0.2) is 42.0 Å². The van der Waals surface area contributed by atoms with E-state index in [0.717, 1.165) is 11.1 Å². The maximum Gasteiger partial charge on any atom is 0.282 e. The lowest BCUT2D eigenvalue weighted by Gasteiger charge is -2.14. The molecular weight excluding hydrogens is 363 g/mol. The van der Waals surface area contributed by atoms with Gasteiger partial charge in [0.05, 0.1) is 24.9 Å². The summed E-state index contributed by atoms with van der Waals surface area (Å²) in [5.41, 5.74) is 3.19. The monoisotopic (exact) mass is 376 g/mol. The van der Waals surface area contributed by atoms with Crippen molar-refractivity contribution in [1.82, 2.24) is 5.43 Å². The number of hydrogen-bond acceptors (Lipinski definition) is 4. The van der Waals surface area contributed by atoms with Gasteiger partial charge in [0.1, 0.15) is 11.4 Å². The summed E-state index contributed by atoms with van der Waals surface area (Å²) < 4.78 is 23.7. The summed E-state index contributed by atoms with van der Waals surface area (Å²) in [4.78, 5) is 24.8. The van der Waals surface area contributed by atoms with Crippen LogP contribution in [0.25, 0.3) is 6.08 Å². The van der Waals surface area contributed by atoms with Crippen molar-refractivity contribution in [1.29, 1.82) is 0 Å². The number of methoxy groups -OCH3 is 2. The fraction of sp³-hybridized carbons (Fsp3) is 0.111. The summed E-state index contributed by atoms with van der Waals surface area (Å²) in [6.07, 6.45) is 1.44. The SMILES string of the molecule is COc1ccc(/C=C2/C(=O)NN(c3ccc(F)c(Cl)c3)C2=O)cc1OC. The number of ether oxygens (including phenoxy) is 2. The lowest BCUT2D eigenvalue weighted by molar-refractivity contribution is -0.117. The molecule has 1 saturated heterocycles. The molecule has 0 aliphatic carbocycles. The zero-order valence-electron chi connectivity index (χ0n) is 13.9. The molecule has 1 aliphatic rings. The Morgan fingerprint density at radius 3 is 2.46 bits per heavy atom. The number of hydrazine groups is 1. The van der Waals surface area contributed by atoms with Gasteiger partial charge in [0.2, 0.25) is 0 Å². The molecule has 26 heavy (non-hydrogen) atoms. The third kappa shape index (κ3) is 3.21. The van der Waals surface area contributed by atoms with Crippen LogP contribution in [-0.4, -0.2) is 26.0 Å². The quantitative estimate of drug-likeness (QED) is 0.658. The minimum absolute atomic E-state index is 0.0716. The largest absolute Gasteiger partial charge is 0.493 e. The predicted octanol–water partition coefficient (Wildman–Crippen LogP) is 2.96. The molecule has 0 unspecified atom stereocenters. The summed E-state index contributed by atoms with van der Waals surface area (Å²) in [5, 5.41) is 0.863. The number of benzene rings is 2. The molecule has 1 aliphatic heterocycles. The van der Waals surface area contributed by atoms with Gasteiger partial charge in [-0.3, -0.25) is 15.0 Å². The number of anilines is 1. The standard InChI is InChI=1S/C18H14ClFN2O4/c1-25-15-6-3-10(8-16(15)26-2)7-12-17(23)21-22(18(12)24)11-4-5-14(20)13(19)9-11/h3-9H,1-2H3,(H,21,23)/b12-7-. The van der Waals surface area contributed by atoms with Crippen LogP contribution in [-0.2, 0) is 9.59 Å². The molecule has 1 N–H and O–H groups in total. The lowest BCUT2D eigenvalue weighted by Crippen LogP contribution is -2.35. The fourth-order valence-corrected chi connectivity index (χ4v) is 2.65. The lowest BCUT2D eigenvalue weighted by atomic mass is 10.1. The molecule has 8 heteroatoms. The first-order valence-corrected chi connectivity index (χ1v) is 7.86. The van der Waals surface area contributed by atoms with E-state index in [9.17, 15) is 14.0 Å². The Bertz CT molecular complexity index is 929. The summed E-state index contributed by atoms with van der Waals surface area (Å²) in [7, 11) is 3.00. The number of halogens is 2.